The van der Waals surface area contributed by atoms with Crippen molar-refractivity contribution in [3.8, 4) is 5.75 Å². The van der Waals surface area contributed by atoms with E-state index in [2.05, 4.69) is 5.32 Å². The van der Waals surface area contributed by atoms with Crippen molar-refractivity contribution in [3.05, 3.63) is 30.1 Å². The number of carboxylic acids is 1. The second kappa shape index (κ2) is 9.12. The van der Waals surface area contributed by atoms with E-state index in [1.165, 1.54) is 12.1 Å². The molecule has 6 heteroatoms. The van der Waals surface area contributed by atoms with Crippen LogP contribution in [0.15, 0.2) is 24.3 Å². The molecular formula is C17H24FNO4. The van der Waals surface area contributed by atoms with Gasteiger partial charge in [-0.15, -0.1) is 0 Å². The van der Waals surface area contributed by atoms with Crippen molar-refractivity contribution in [3.63, 3.8) is 0 Å². The standard InChI is InChI=1S/C17H24FNO4/c1-3-17(4-2,16(21)22)12-19-15(20)9-6-10-23-14-8-5-7-13(18)11-14/h5,7-8,11H,3-4,6,9-10,12H2,1-2H3,(H,19,20)(H,21,22). The van der Waals surface area contributed by atoms with Crippen LogP contribution < -0.4 is 10.1 Å². The summed E-state index contributed by atoms with van der Waals surface area (Å²) in [6, 6.07) is 5.81. The van der Waals surface area contributed by atoms with E-state index in [0.29, 0.717) is 31.6 Å². The highest BCUT2D eigenvalue weighted by Crippen LogP contribution is 2.25. The van der Waals surface area contributed by atoms with E-state index in [1.54, 1.807) is 26.0 Å². The number of aliphatic carboxylic acids is 1. The van der Waals surface area contributed by atoms with Crippen LogP contribution in [0.25, 0.3) is 0 Å². The van der Waals surface area contributed by atoms with Gasteiger partial charge < -0.3 is 15.2 Å². The molecule has 23 heavy (non-hydrogen) atoms. The minimum absolute atomic E-state index is 0.124. The number of hydrogen-bond donors (Lipinski definition) is 2. The Hall–Kier alpha value is -2.11. The summed E-state index contributed by atoms with van der Waals surface area (Å²) in [5.74, 6) is -1.05. The van der Waals surface area contributed by atoms with Crippen LogP contribution in [0.2, 0.25) is 0 Å². The van der Waals surface area contributed by atoms with Crippen molar-refractivity contribution in [2.75, 3.05) is 13.2 Å². The molecule has 0 aliphatic heterocycles. The molecular weight excluding hydrogens is 301 g/mol. The monoisotopic (exact) mass is 325 g/mol. The SMILES string of the molecule is CCC(CC)(CNC(=O)CCCOc1cccc(F)c1)C(=O)O. The molecule has 0 unspecified atom stereocenters. The number of rotatable bonds is 10. The molecule has 1 rings (SSSR count). The molecule has 0 saturated heterocycles. The average molecular weight is 325 g/mol. The van der Waals surface area contributed by atoms with Crippen molar-refractivity contribution in [2.45, 2.75) is 39.5 Å². The first-order chi connectivity index (χ1) is 10.9. The summed E-state index contributed by atoms with van der Waals surface area (Å²) in [5, 5.41) is 12.0. The third-order valence-corrected chi connectivity index (χ3v) is 4.04. The van der Waals surface area contributed by atoms with Gasteiger partial charge in [0.05, 0.1) is 12.0 Å². The fourth-order valence-corrected chi connectivity index (χ4v) is 2.21. The van der Waals surface area contributed by atoms with Gasteiger partial charge in [-0.3, -0.25) is 9.59 Å². The molecule has 0 aliphatic rings. The molecule has 0 heterocycles. The number of ether oxygens (including phenoxy) is 1. The second-order valence-electron chi connectivity index (χ2n) is 5.48. The number of hydrogen-bond acceptors (Lipinski definition) is 3. The molecule has 0 aliphatic carbocycles. The Bertz CT molecular complexity index is 529. The van der Waals surface area contributed by atoms with Crippen LogP contribution in [-0.4, -0.2) is 30.1 Å². The Labute approximate surface area is 135 Å². The van der Waals surface area contributed by atoms with Crippen molar-refractivity contribution >= 4 is 11.9 Å². The van der Waals surface area contributed by atoms with Gasteiger partial charge in [0.25, 0.3) is 0 Å². The van der Waals surface area contributed by atoms with Gasteiger partial charge in [0.2, 0.25) is 5.91 Å². The molecule has 128 valence electrons. The summed E-state index contributed by atoms with van der Waals surface area (Å²) in [6.45, 7) is 4.02. The van der Waals surface area contributed by atoms with E-state index in [9.17, 15) is 19.1 Å². The van der Waals surface area contributed by atoms with Gasteiger partial charge in [0, 0.05) is 19.0 Å². The Kier molecular flexibility index (Phi) is 7.51. The quantitative estimate of drug-likeness (QED) is 0.649. The van der Waals surface area contributed by atoms with Gasteiger partial charge in [0.1, 0.15) is 11.6 Å². The van der Waals surface area contributed by atoms with Gasteiger partial charge in [-0.2, -0.15) is 0 Å². The maximum atomic E-state index is 13.0. The zero-order valence-electron chi connectivity index (χ0n) is 13.6. The Morgan fingerprint density at radius 3 is 2.57 bits per heavy atom. The molecule has 1 amide bonds. The first kappa shape index (κ1) is 18.9. The van der Waals surface area contributed by atoms with E-state index in [4.69, 9.17) is 4.74 Å². The third-order valence-electron chi connectivity index (χ3n) is 4.04. The second-order valence-corrected chi connectivity index (χ2v) is 5.48. The van der Waals surface area contributed by atoms with Crippen LogP contribution in [0, 0.1) is 11.2 Å². The summed E-state index contributed by atoms with van der Waals surface area (Å²) in [7, 11) is 0. The molecule has 5 nitrogen and oxygen atoms in total. The van der Waals surface area contributed by atoms with Crippen LogP contribution >= 0.6 is 0 Å². The van der Waals surface area contributed by atoms with E-state index in [0.717, 1.165) is 0 Å². The van der Waals surface area contributed by atoms with E-state index in [1.807, 2.05) is 0 Å². The Morgan fingerprint density at radius 2 is 2.00 bits per heavy atom. The number of amides is 1. The summed E-state index contributed by atoms with van der Waals surface area (Å²) in [4.78, 5) is 23.1. The van der Waals surface area contributed by atoms with Crippen molar-refractivity contribution in [2.24, 2.45) is 5.41 Å². The zero-order valence-corrected chi connectivity index (χ0v) is 13.6. The van der Waals surface area contributed by atoms with Crippen molar-refractivity contribution < 1.29 is 23.8 Å². The van der Waals surface area contributed by atoms with Gasteiger partial charge >= 0.3 is 5.97 Å². The van der Waals surface area contributed by atoms with Crippen LogP contribution in [-0.2, 0) is 9.59 Å². The van der Waals surface area contributed by atoms with E-state index >= 15 is 0 Å². The lowest BCUT2D eigenvalue weighted by Gasteiger charge is -2.26. The Balaban J connectivity index is 2.30. The lowest BCUT2D eigenvalue weighted by molar-refractivity contribution is -0.149. The van der Waals surface area contributed by atoms with E-state index < -0.39 is 11.4 Å². The molecule has 1 aromatic rings. The van der Waals surface area contributed by atoms with Crippen molar-refractivity contribution in [1.29, 1.82) is 0 Å². The van der Waals surface area contributed by atoms with Crippen LogP contribution in [0.4, 0.5) is 4.39 Å². The number of carboxylic acid groups (broad SMARTS) is 1. The highest BCUT2D eigenvalue weighted by molar-refractivity contribution is 5.79. The minimum Gasteiger partial charge on any atom is -0.493 e. The highest BCUT2D eigenvalue weighted by atomic mass is 19.1. The molecule has 0 radical (unpaired) electrons. The molecule has 0 saturated carbocycles. The average Bonchev–Trinajstić information content (AvgIpc) is 2.53. The number of nitrogens with one attached hydrogen (secondary N) is 1. The van der Waals surface area contributed by atoms with Crippen LogP contribution in [0.3, 0.4) is 0 Å². The number of carbonyl (C=O) groups excluding carboxylic acids is 1. The van der Waals surface area contributed by atoms with Gasteiger partial charge in [-0.1, -0.05) is 19.9 Å². The summed E-state index contributed by atoms with van der Waals surface area (Å²) < 4.78 is 18.3. The fraction of sp³-hybridized carbons (Fsp3) is 0.529. The van der Waals surface area contributed by atoms with Crippen LogP contribution in [0.5, 0.6) is 5.75 Å². The topological polar surface area (TPSA) is 75.6 Å². The summed E-state index contributed by atoms with van der Waals surface area (Å²) in [6.07, 6.45) is 1.63. The van der Waals surface area contributed by atoms with Gasteiger partial charge in [-0.05, 0) is 31.4 Å². The number of benzene rings is 1. The van der Waals surface area contributed by atoms with E-state index in [-0.39, 0.29) is 24.7 Å². The predicted molar refractivity (Wildman–Crippen MR) is 84.8 cm³/mol. The summed E-state index contributed by atoms with van der Waals surface area (Å²) >= 11 is 0. The molecule has 0 aromatic heterocycles. The highest BCUT2D eigenvalue weighted by Gasteiger charge is 2.34. The molecule has 1 aromatic carbocycles. The van der Waals surface area contributed by atoms with Crippen LogP contribution in [0.1, 0.15) is 39.5 Å². The normalized spacial score (nSPS) is 11.1. The maximum Gasteiger partial charge on any atom is 0.311 e. The first-order valence-corrected chi connectivity index (χ1v) is 7.82. The lowest BCUT2D eigenvalue weighted by atomic mass is 9.82. The zero-order chi connectivity index (χ0) is 17.3. The number of carbonyl (C=O) groups is 2. The molecule has 0 spiro atoms. The minimum atomic E-state index is -0.909. The van der Waals surface area contributed by atoms with Gasteiger partial charge in [-0.25, -0.2) is 4.39 Å². The smallest absolute Gasteiger partial charge is 0.311 e. The third kappa shape index (κ3) is 5.88. The molecule has 0 atom stereocenters. The summed E-state index contributed by atoms with van der Waals surface area (Å²) in [5.41, 5.74) is -0.909. The maximum absolute atomic E-state index is 13.0. The number of halogens is 1. The molecule has 0 bridgehead atoms. The van der Waals surface area contributed by atoms with Gasteiger partial charge in [0.15, 0.2) is 0 Å². The predicted octanol–water partition coefficient (Wildman–Crippen LogP) is 2.99. The first-order valence-electron chi connectivity index (χ1n) is 7.82. The molecule has 2 N–H and O–H groups in total. The Morgan fingerprint density at radius 1 is 1.30 bits per heavy atom. The fourth-order valence-electron chi connectivity index (χ4n) is 2.21. The lowest BCUT2D eigenvalue weighted by Crippen LogP contribution is -2.42. The largest absolute Gasteiger partial charge is 0.493 e. The molecule has 0 fully saturated rings. The van der Waals surface area contributed by atoms with Crippen molar-refractivity contribution in [1.82, 2.24) is 5.32 Å².